The van der Waals surface area contributed by atoms with E-state index in [1.807, 2.05) is 36.1 Å². The second-order valence-electron chi connectivity index (χ2n) is 4.18. The summed E-state index contributed by atoms with van der Waals surface area (Å²) in [6, 6.07) is 4.40. The zero-order chi connectivity index (χ0) is 12.1. The van der Waals surface area contributed by atoms with Crippen LogP contribution in [0.2, 0.25) is 0 Å². The van der Waals surface area contributed by atoms with E-state index in [1.165, 1.54) is 0 Å². The fourth-order valence-electron chi connectivity index (χ4n) is 2.04. The molecule has 0 atom stereocenters. The van der Waals surface area contributed by atoms with Crippen LogP contribution in [0.4, 0.5) is 4.79 Å². The van der Waals surface area contributed by atoms with E-state index in [4.69, 9.17) is 4.74 Å². The molecule has 1 fully saturated rings. The van der Waals surface area contributed by atoms with Gasteiger partial charge in [-0.1, -0.05) is 0 Å². The first kappa shape index (κ1) is 11.8. The molecule has 0 radical (unpaired) electrons. The van der Waals surface area contributed by atoms with Gasteiger partial charge in [0.15, 0.2) is 0 Å². The smallest absolute Gasteiger partial charge is 0.409 e. The van der Waals surface area contributed by atoms with Gasteiger partial charge in [-0.2, -0.15) is 0 Å². The quantitative estimate of drug-likeness (QED) is 0.869. The average Bonchev–Trinajstić information content (AvgIpc) is 2.83. The van der Waals surface area contributed by atoms with E-state index in [0.717, 1.165) is 25.9 Å². The van der Waals surface area contributed by atoms with E-state index < -0.39 is 0 Å². The summed E-state index contributed by atoms with van der Waals surface area (Å²) in [6.45, 7) is 3.80. The predicted octanol–water partition coefficient (Wildman–Crippen LogP) is 1.65. The summed E-state index contributed by atoms with van der Waals surface area (Å²) in [5.74, 6) is 0. The number of nitrogens with one attached hydrogen (secondary N) is 1. The van der Waals surface area contributed by atoms with Crippen molar-refractivity contribution in [3.05, 3.63) is 24.5 Å². The molecule has 2 rings (SSSR count). The molecule has 1 aromatic heterocycles. The van der Waals surface area contributed by atoms with Crippen LogP contribution >= 0.6 is 0 Å². The number of rotatable bonds is 3. The number of hydrogen-bond acceptors (Lipinski definition) is 3. The Bertz CT molecular complexity index is 343. The van der Waals surface area contributed by atoms with Crippen LogP contribution in [-0.4, -0.2) is 41.4 Å². The molecule has 5 heteroatoms. The SMILES string of the molecule is CCOC(=O)N1CCC(Nn2cccc2)CC1. The second kappa shape index (κ2) is 5.61. The number of ether oxygens (including phenoxy) is 1. The van der Waals surface area contributed by atoms with E-state index in [-0.39, 0.29) is 6.09 Å². The maximum atomic E-state index is 11.5. The molecule has 1 aliphatic rings. The number of hydrogen-bond donors (Lipinski definition) is 1. The number of aromatic nitrogens is 1. The number of amides is 1. The van der Waals surface area contributed by atoms with Crippen molar-refractivity contribution >= 4 is 6.09 Å². The van der Waals surface area contributed by atoms with Crippen LogP contribution < -0.4 is 5.43 Å². The Hall–Kier alpha value is -1.65. The normalized spacial score (nSPS) is 16.9. The lowest BCUT2D eigenvalue weighted by atomic mass is 10.1. The highest BCUT2D eigenvalue weighted by molar-refractivity contribution is 5.67. The molecular weight excluding hydrogens is 218 g/mol. The van der Waals surface area contributed by atoms with Gasteiger partial charge < -0.3 is 15.1 Å². The summed E-state index contributed by atoms with van der Waals surface area (Å²) < 4.78 is 6.95. The van der Waals surface area contributed by atoms with Gasteiger partial charge in [0.1, 0.15) is 0 Å². The first-order valence-corrected chi connectivity index (χ1v) is 6.11. The summed E-state index contributed by atoms with van der Waals surface area (Å²) in [6.07, 6.45) is 5.69. The number of carbonyl (C=O) groups is 1. The van der Waals surface area contributed by atoms with Crippen LogP contribution in [-0.2, 0) is 4.74 Å². The minimum atomic E-state index is -0.188. The van der Waals surface area contributed by atoms with Crippen LogP contribution in [0.25, 0.3) is 0 Å². The first-order chi connectivity index (χ1) is 8.29. The Morgan fingerprint density at radius 2 is 2.00 bits per heavy atom. The highest BCUT2D eigenvalue weighted by atomic mass is 16.6. The number of carbonyl (C=O) groups excluding carboxylic acids is 1. The Labute approximate surface area is 101 Å². The predicted molar refractivity (Wildman–Crippen MR) is 65.4 cm³/mol. The molecule has 94 valence electrons. The van der Waals surface area contributed by atoms with Crippen molar-refractivity contribution in [2.24, 2.45) is 0 Å². The topological polar surface area (TPSA) is 46.5 Å². The molecule has 1 amide bonds. The zero-order valence-electron chi connectivity index (χ0n) is 10.1. The van der Waals surface area contributed by atoms with Gasteiger partial charge in [-0.15, -0.1) is 0 Å². The zero-order valence-corrected chi connectivity index (χ0v) is 10.1. The van der Waals surface area contributed by atoms with Crippen molar-refractivity contribution in [3.8, 4) is 0 Å². The van der Waals surface area contributed by atoms with Gasteiger partial charge in [-0.25, -0.2) is 4.79 Å². The number of likely N-dealkylation sites (tertiary alicyclic amines) is 1. The van der Waals surface area contributed by atoms with E-state index in [2.05, 4.69) is 5.43 Å². The molecule has 2 heterocycles. The summed E-state index contributed by atoms with van der Waals surface area (Å²) in [5.41, 5.74) is 3.39. The summed E-state index contributed by atoms with van der Waals surface area (Å²) in [4.78, 5) is 13.3. The van der Waals surface area contributed by atoms with Crippen molar-refractivity contribution in [1.29, 1.82) is 0 Å². The highest BCUT2D eigenvalue weighted by Gasteiger charge is 2.23. The van der Waals surface area contributed by atoms with Gasteiger partial charge in [-0.05, 0) is 31.9 Å². The maximum Gasteiger partial charge on any atom is 0.409 e. The third kappa shape index (κ3) is 3.15. The van der Waals surface area contributed by atoms with Crippen molar-refractivity contribution in [2.75, 3.05) is 25.1 Å². The molecule has 1 N–H and O–H groups in total. The molecule has 1 aliphatic heterocycles. The molecule has 0 saturated carbocycles. The van der Waals surface area contributed by atoms with Crippen molar-refractivity contribution in [1.82, 2.24) is 9.58 Å². The Balaban J connectivity index is 1.76. The van der Waals surface area contributed by atoms with Crippen LogP contribution in [0.5, 0.6) is 0 Å². The molecule has 0 spiro atoms. The van der Waals surface area contributed by atoms with Gasteiger partial charge >= 0.3 is 6.09 Å². The van der Waals surface area contributed by atoms with E-state index in [0.29, 0.717) is 12.6 Å². The molecular formula is C12H19N3O2. The largest absolute Gasteiger partial charge is 0.450 e. The first-order valence-electron chi connectivity index (χ1n) is 6.11. The Morgan fingerprint density at radius 1 is 1.35 bits per heavy atom. The molecule has 0 bridgehead atoms. The third-order valence-corrected chi connectivity index (χ3v) is 2.96. The molecule has 0 aliphatic carbocycles. The minimum absolute atomic E-state index is 0.188. The van der Waals surface area contributed by atoms with Crippen molar-refractivity contribution in [3.63, 3.8) is 0 Å². The second-order valence-corrected chi connectivity index (χ2v) is 4.18. The third-order valence-electron chi connectivity index (χ3n) is 2.96. The average molecular weight is 237 g/mol. The van der Waals surface area contributed by atoms with E-state index in [1.54, 1.807) is 4.90 Å². The summed E-state index contributed by atoms with van der Waals surface area (Å²) in [5, 5.41) is 0. The summed E-state index contributed by atoms with van der Waals surface area (Å²) >= 11 is 0. The lowest BCUT2D eigenvalue weighted by molar-refractivity contribution is 0.0977. The van der Waals surface area contributed by atoms with E-state index in [9.17, 15) is 4.79 Å². The fraction of sp³-hybridized carbons (Fsp3) is 0.583. The van der Waals surface area contributed by atoms with E-state index >= 15 is 0 Å². The van der Waals surface area contributed by atoms with Crippen molar-refractivity contribution < 1.29 is 9.53 Å². The van der Waals surface area contributed by atoms with Crippen LogP contribution in [0, 0.1) is 0 Å². The van der Waals surface area contributed by atoms with Crippen LogP contribution in [0.1, 0.15) is 19.8 Å². The lowest BCUT2D eigenvalue weighted by Crippen LogP contribution is -2.44. The van der Waals surface area contributed by atoms with Gasteiger partial charge in [0.2, 0.25) is 0 Å². The minimum Gasteiger partial charge on any atom is -0.450 e. The Kier molecular flexibility index (Phi) is 3.90. The molecule has 0 unspecified atom stereocenters. The van der Waals surface area contributed by atoms with Gasteiger partial charge in [-0.3, -0.25) is 4.68 Å². The van der Waals surface area contributed by atoms with Crippen molar-refractivity contribution in [2.45, 2.75) is 25.8 Å². The molecule has 17 heavy (non-hydrogen) atoms. The van der Waals surface area contributed by atoms with Gasteiger partial charge in [0.05, 0.1) is 6.61 Å². The number of piperidine rings is 1. The monoisotopic (exact) mass is 237 g/mol. The maximum absolute atomic E-state index is 11.5. The fourth-order valence-corrected chi connectivity index (χ4v) is 2.04. The van der Waals surface area contributed by atoms with Crippen LogP contribution in [0.3, 0.4) is 0 Å². The molecule has 5 nitrogen and oxygen atoms in total. The highest BCUT2D eigenvalue weighted by Crippen LogP contribution is 2.12. The van der Waals surface area contributed by atoms with Crippen LogP contribution in [0.15, 0.2) is 24.5 Å². The van der Waals surface area contributed by atoms with Gasteiger partial charge in [0.25, 0.3) is 0 Å². The van der Waals surface area contributed by atoms with Gasteiger partial charge in [0, 0.05) is 31.5 Å². The molecule has 0 aromatic carbocycles. The molecule has 1 saturated heterocycles. The Morgan fingerprint density at radius 3 is 2.59 bits per heavy atom. The summed E-state index contributed by atoms with van der Waals surface area (Å²) in [7, 11) is 0. The lowest BCUT2D eigenvalue weighted by Gasteiger charge is -2.32. The standard InChI is InChI=1S/C12H19N3O2/c1-2-17-12(16)14-9-5-11(6-10-14)13-15-7-3-4-8-15/h3-4,7-8,11,13H,2,5-6,9-10H2,1H3. The number of nitrogens with zero attached hydrogens (tertiary/aromatic N) is 2. The molecule has 1 aromatic rings.